The van der Waals surface area contributed by atoms with Crippen LogP contribution in [0.1, 0.15) is 13.8 Å². The first kappa shape index (κ1) is 14.4. The Hall–Kier alpha value is -3.15. The molecule has 0 atom stereocenters. The Morgan fingerprint density at radius 3 is 2.29 bits per heavy atom. The van der Waals surface area contributed by atoms with Crippen LogP contribution in [0.3, 0.4) is 0 Å². The van der Waals surface area contributed by atoms with Gasteiger partial charge < -0.3 is 0 Å². The van der Waals surface area contributed by atoms with E-state index in [4.69, 9.17) is 0 Å². The molecule has 2 aromatic rings. The zero-order chi connectivity index (χ0) is 16.7. The van der Waals surface area contributed by atoms with Gasteiger partial charge in [0.25, 0.3) is 5.91 Å². The van der Waals surface area contributed by atoms with Crippen molar-refractivity contribution in [3.63, 3.8) is 0 Å². The van der Waals surface area contributed by atoms with Gasteiger partial charge in [0.15, 0.2) is 0 Å². The monoisotopic (exact) mass is 319 g/mol. The minimum atomic E-state index is -0.784. The normalized spacial score (nSPS) is 20.2. The third-order valence-electron chi connectivity index (χ3n) is 3.94. The van der Waals surface area contributed by atoms with Crippen LogP contribution in [0, 0.1) is 0 Å². The summed E-state index contributed by atoms with van der Waals surface area (Å²) >= 11 is 0. The molecule has 2 heterocycles. The van der Waals surface area contributed by atoms with Crippen molar-refractivity contribution in [1.82, 2.24) is 10.4 Å². The van der Waals surface area contributed by atoms with E-state index in [-0.39, 0.29) is 5.91 Å². The number of hydrogen-bond acceptors (Lipinski definition) is 3. The van der Waals surface area contributed by atoms with Crippen LogP contribution in [-0.2, 0) is 4.79 Å². The summed E-state index contributed by atoms with van der Waals surface area (Å²) in [5, 5.41) is 1.47. The molecule has 2 aliphatic rings. The van der Waals surface area contributed by atoms with Gasteiger partial charge in [-0.15, -0.1) is 0 Å². The van der Waals surface area contributed by atoms with E-state index in [0.717, 1.165) is 11.4 Å². The molecule has 0 saturated carbocycles. The van der Waals surface area contributed by atoms with E-state index in [1.165, 1.54) is 5.01 Å². The number of anilines is 1. The van der Waals surface area contributed by atoms with Crippen molar-refractivity contribution in [2.45, 2.75) is 19.4 Å². The second-order valence-corrected chi connectivity index (χ2v) is 6.17. The molecule has 2 aliphatic heterocycles. The van der Waals surface area contributed by atoms with Crippen molar-refractivity contribution in [1.29, 1.82) is 0 Å². The van der Waals surface area contributed by atoms with Crippen LogP contribution in [-0.4, -0.2) is 28.4 Å². The molecule has 6 heteroatoms. The van der Waals surface area contributed by atoms with Crippen molar-refractivity contribution >= 4 is 29.2 Å². The average molecular weight is 319 g/mol. The lowest BCUT2D eigenvalue weighted by atomic mass is 10.1. The molecule has 6 nitrogen and oxygen atoms in total. The van der Waals surface area contributed by atoms with Crippen LogP contribution in [0.5, 0.6) is 0 Å². The highest BCUT2D eigenvalue weighted by molar-refractivity contribution is 6.28. The van der Waals surface area contributed by atoms with Gasteiger partial charge in [-0.1, -0.05) is 36.4 Å². The van der Waals surface area contributed by atoms with E-state index in [9.17, 15) is 4.79 Å². The second-order valence-electron chi connectivity index (χ2n) is 6.17. The number of carbonyl (C=O) groups is 1. The van der Waals surface area contributed by atoms with Gasteiger partial charge in [-0.05, 0) is 38.1 Å². The van der Waals surface area contributed by atoms with Gasteiger partial charge in [-0.2, -0.15) is 5.01 Å². The van der Waals surface area contributed by atoms with Crippen LogP contribution in [0.15, 0.2) is 70.6 Å². The van der Waals surface area contributed by atoms with Crippen molar-refractivity contribution in [3.8, 4) is 0 Å². The molecule has 1 amide bonds. The number of nitrogens with zero attached hydrogens (tertiary/aromatic N) is 4. The summed E-state index contributed by atoms with van der Waals surface area (Å²) in [5.41, 5.74) is 4.00. The van der Waals surface area contributed by atoms with Gasteiger partial charge in [0, 0.05) is 0 Å². The van der Waals surface area contributed by atoms with Gasteiger partial charge in [0.2, 0.25) is 11.9 Å². The molecular weight excluding hydrogens is 302 g/mol. The summed E-state index contributed by atoms with van der Waals surface area (Å²) in [5.74, 6) is 0.998. The summed E-state index contributed by atoms with van der Waals surface area (Å²) in [6.07, 6.45) is 0. The summed E-state index contributed by atoms with van der Waals surface area (Å²) < 4.78 is 0. The summed E-state index contributed by atoms with van der Waals surface area (Å²) in [6.45, 7) is 3.61. The molecule has 0 radical (unpaired) electrons. The number of para-hydroxylation sites is 2. The predicted octanol–water partition coefficient (Wildman–Crippen LogP) is 2.68. The van der Waals surface area contributed by atoms with E-state index in [2.05, 4.69) is 15.4 Å². The first-order valence-corrected chi connectivity index (χ1v) is 7.76. The lowest BCUT2D eigenvalue weighted by Gasteiger charge is -2.17. The van der Waals surface area contributed by atoms with Crippen LogP contribution in [0.25, 0.3) is 0 Å². The minimum Gasteiger partial charge on any atom is -0.270 e. The van der Waals surface area contributed by atoms with E-state index >= 15 is 0 Å². The van der Waals surface area contributed by atoms with Crippen LogP contribution in [0.4, 0.5) is 11.4 Å². The molecule has 2 aromatic carbocycles. The molecule has 1 saturated heterocycles. The molecule has 0 spiro atoms. The fraction of sp³-hybridized carbons (Fsp3) is 0.167. The van der Waals surface area contributed by atoms with Crippen molar-refractivity contribution in [2.75, 3.05) is 4.90 Å². The third kappa shape index (κ3) is 2.23. The zero-order valence-corrected chi connectivity index (χ0v) is 13.5. The van der Waals surface area contributed by atoms with Gasteiger partial charge >= 0.3 is 0 Å². The molecular formula is C18H17N5O. The summed E-state index contributed by atoms with van der Waals surface area (Å²) in [4.78, 5) is 23.6. The maximum absolute atomic E-state index is 12.6. The smallest absolute Gasteiger partial charge is 0.270 e. The molecule has 1 fully saturated rings. The zero-order valence-electron chi connectivity index (χ0n) is 13.5. The quantitative estimate of drug-likeness (QED) is 0.926. The van der Waals surface area contributed by atoms with E-state index in [1.54, 1.807) is 13.8 Å². The number of aliphatic imine (C=N–C) groups is 2. The Balaban J connectivity index is 1.83. The molecule has 0 aromatic heterocycles. The molecule has 4 rings (SSSR count). The number of nitrogens with one attached hydrogen (secondary N) is 1. The van der Waals surface area contributed by atoms with Crippen molar-refractivity contribution in [2.24, 2.45) is 9.98 Å². The Labute approximate surface area is 140 Å². The number of amides is 1. The van der Waals surface area contributed by atoms with E-state index in [0.29, 0.717) is 11.9 Å². The number of guanidine groups is 2. The van der Waals surface area contributed by atoms with E-state index < -0.39 is 5.54 Å². The van der Waals surface area contributed by atoms with Gasteiger partial charge in [0.1, 0.15) is 5.54 Å². The number of fused-ring (bicyclic) bond motifs is 1. The fourth-order valence-electron chi connectivity index (χ4n) is 2.72. The molecule has 0 bridgehead atoms. The van der Waals surface area contributed by atoms with Gasteiger partial charge in [0.05, 0.1) is 11.4 Å². The highest BCUT2D eigenvalue weighted by atomic mass is 16.2. The number of rotatable bonds is 2. The lowest BCUT2D eigenvalue weighted by molar-refractivity contribution is -0.131. The number of benzene rings is 2. The number of hydrazine groups is 1. The molecule has 24 heavy (non-hydrogen) atoms. The molecule has 0 aliphatic carbocycles. The maximum atomic E-state index is 12.6. The first-order chi connectivity index (χ1) is 11.6. The van der Waals surface area contributed by atoms with Crippen molar-refractivity contribution < 1.29 is 4.79 Å². The Morgan fingerprint density at radius 2 is 1.62 bits per heavy atom. The predicted molar refractivity (Wildman–Crippen MR) is 94.0 cm³/mol. The van der Waals surface area contributed by atoms with Crippen LogP contribution < -0.4 is 10.3 Å². The Bertz CT molecular complexity index is 842. The lowest BCUT2D eigenvalue weighted by Crippen LogP contribution is -2.44. The molecule has 0 unspecified atom stereocenters. The molecule has 1 N–H and O–H groups in total. The van der Waals surface area contributed by atoms with E-state index in [1.807, 2.05) is 65.6 Å². The maximum Gasteiger partial charge on any atom is 0.275 e. The Kier molecular flexibility index (Phi) is 3.13. The fourth-order valence-corrected chi connectivity index (χ4v) is 2.72. The van der Waals surface area contributed by atoms with Crippen molar-refractivity contribution in [3.05, 3.63) is 60.7 Å². The third-order valence-corrected chi connectivity index (χ3v) is 3.94. The Morgan fingerprint density at radius 1 is 1.00 bits per heavy atom. The molecule has 120 valence electrons. The number of hydrogen-bond donors (Lipinski definition) is 1. The van der Waals surface area contributed by atoms with Crippen LogP contribution >= 0.6 is 0 Å². The standard InChI is InChI=1S/C18H17N5O/c1-18(2)15(24)23-17(20-18)22(14-11-7-4-8-12-14)16(21-23)19-13-9-5-3-6-10-13/h3-12H,1-2H3,(H,19,21). The first-order valence-electron chi connectivity index (χ1n) is 7.76. The van der Waals surface area contributed by atoms with Crippen LogP contribution in [0.2, 0.25) is 0 Å². The second kappa shape index (κ2) is 5.19. The number of carbonyl (C=O) groups excluding carboxylic acids is 1. The highest BCUT2D eigenvalue weighted by Crippen LogP contribution is 2.29. The summed E-state index contributed by atoms with van der Waals surface area (Å²) in [7, 11) is 0. The average Bonchev–Trinajstić information content (AvgIpc) is 3.02. The summed E-state index contributed by atoms with van der Waals surface area (Å²) in [6, 6.07) is 19.4. The minimum absolute atomic E-state index is 0.100. The SMILES string of the molecule is CC1(C)N=C2N(NC(=Nc3ccccc3)N2c2ccccc2)C1=O. The van der Waals surface area contributed by atoms with Gasteiger partial charge in [-0.25, -0.2) is 14.9 Å². The topological polar surface area (TPSA) is 60.3 Å². The van der Waals surface area contributed by atoms with Gasteiger partial charge in [-0.3, -0.25) is 10.2 Å². The largest absolute Gasteiger partial charge is 0.275 e. The highest BCUT2D eigenvalue weighted by Gasteiger charge is 2.49.